The van der Waals surface area contributed by atoms with Crippen molar-refractivity contribution < 1.29 is 0 Å². The molecule has 2 atom stereocenters. The Bertz CT molecular complexity index is 304. The molecule has 3 nitrogen and oxygen atoms in total. The van der Waals surface area contributed by atoms with E-state index in [1.807, 2.05) is 12.4 Å². The van der Waals surface area contributed by atoms with Crippen molar-refractivity contribution >= 4 is 0 Å². The minimum atomic E-state index is 0.520. The van der Waals surface area contributed by atoms with Crippen LogP contribution >= 0.6 is 0 Å². The Morgan fingerprint density at radius 3 is 2.50 bits per heavy atom. The summed E-state index contributed by atoms with van der Waals surface area (Å²) in [6.45, 7) is 10.1. The Balaban J connectivity index is 2.68. The molecule has 0 aliphatic rings. The molecule has 92 valence electrons. The Labute approximate surface area is 99.3 Å². The smallest absolute Gasteiger partial charge is 0.109 e. The quantitative estimate of drug-likeness (QED) is 0.801. The van der Waals surface area contributed by atoms with Crippen LogP contribution < -0.4 is 5.32 Å². The van der Waals surface area contributed by atoms with E-state index < -0.39 is 0 Å². The van der Waals surface area contributed by atoms with Gasteiger partial charge in [0, 0.05) is 31.9 Å². The van der Waals surface area contributed by atoms with Crippen LogP contribution in [0.1, 0.15) is 33.5 Å². The lowest BCUT2D eigenvalue weighted by molar-refractivity contribution is 0.296. The monoisotopic (exact) mass is 223 g/mol. The highest BCUT2D eigenvalue weighted by atomic mass is 15.0. The van der Waals surface area contributed by atoms with Crippen LogP contribution in [0.15, 0.2) is 12.4 Å². The van der Waals surface area contributed by atoms with E-state index in [0.717, 1.165) is 13.0 Å². The maximum atomic E-state index is 4.40. The van der Waals surface area contributed by atoms with Gasteiger partial charge in [-0.1, -0.05) is 27.7 Å². The van der Waals surface area contributed by atoms with E-state index >= 15 is 0 Å². The van der Waals surface area contributed by atoms with Crippen LogP contribution in [0.3, 0.4) is 0 Å². The largest absolute Gasteiger partial charge is 0.338 e. The number of rotatable bonds is 6. The van der Waals surface area contributed by atoms with Crippen LogP contribution in [0.25, 0.3) is 0 Å². The molecule has 1 rings (SSSR count). The van der Waals surface area contributed by atoms with Gasteiger partial charge >= 0.3 is 0 Å². The Morgan fingerprint density at radius 2 is 2.06 bits per heavy atom. The minimum Gasteiger partial charge on any atom is -0.338 e. The van der Waals surface area contributed by atoms with Gasteiger partial charge in [0.15, 0.2) is 0 Å². The number of hydrogen-bond acceptors (Lipinski definition) is 2. The van der Waals surface area contributed by atoms with E-state index in [1.165, 1.54) is 5.82 Å². The van der Waals surface area contributed by atoms with Crippen molar-refractivity contribution in [2.45, 2.75) is 40.2 Å². The van der Waals surface area contributed by atoms with Crippen LogP contribution in [0, 0.1) is 11.8 Å². The molecule has 16 heavy (non-hydrogen) atoms. The first-order valence-corrected chi connectivity index (χ1v) is 6.25. The lowest BCUT2D eigenvalue weighted by Crippen LogP contribution is -2.39. The van der Waals surface area contributed by atoms with Gasteiger partial charge in [0.2, 0.25) is 0 Å². The molecule has 0 radical (unpaired) electrons. The molecule has 3 heteroatoms. The van der Waals surface area contributed by atoms with Crippen molar-refractivity contribution in [3.8, 4) is 0 Å². The zero-order valence-corrected chi connectivity index (χ0v) is 11.2. The Morgan fingerprint density at radius 1 is 1.38 bits per heavy atom. The summed E-state index contributed by atoms with van der Waals surface area (Å²) in [6, 6.07) is 0.520. The fourth-order valence-corrected chi connectivity index (χ4v) is 1.96. The summed E-state index contributed by atoms with van der Waals surface area (Å²) in [4.78, 5) is 4.40. The predicted molar refractivity (Wildman–Crippen MR) is 68.4 cm³/mol. The molecule has 0 aliphatic carbocycles. The highest BCUT2D eigenvalue weighted by molar-refractivity contribution is 4.96. The van der Waals surface area contributed by atoms with Crippen molar-refractivity contribution in [3.05, 3.63) is 18.2 Å². The van der Waals surface area contributed by atoms with Gasteiger partial charge in [0.25, 0.3) is 0 Å². The van der Waals surface area contributed by atoms with Gasteiger partial charge in [-0.05, 0) is 18.4 Å². The third-order valence-electron chi connectivity index (χ3n) is 3.48. The molecular weight excluding hydrogens is 198 g/mol. The van der Waals surface area contributed by atoms with E-state index in [4.69, 9.17) is 0 Å². The SMILES string of the molecule is CCNC(Cc1nccn1C)C(C)C(C)C. The van der Waals surface area contributed by atoms with E-state index in [1.54, 1.807) is 0 Å². The summed E-state index contributed by atoms with van der Waals surface area (Å²) in [5, 5.41) is 3.58. The van der Waals surface area contributed by atoms with Crippen LogP contribution in [-0.4, -0.2) is 22.1 Å². The van der Waals surface area contributed by atoms with Crippen LogP contribution in [-0.2, 0) is 13.5 Å². The highest BCUT2D eigenvalue weighted by Crippen LogP contribution is 2.17. The summed E-state index contributed by atoms with van der Waals surface area (Å²) in [5.41, 5.74) is 0. The maximum absolute atomic E-state index is 4.40. The molecule has 0 saturated carbocycles. The van der Waals surface area contributed by atoms with Gasteiger partial charge in [0.05, 0.1) is 0 Å². The number of nitrogens with zero attached hydrogens (tertiary/aromatic N) is 2. The van der Waals surface area contributed by atoms with Gasteiger partial charge in [-0.15, -0.1) is 0 Å². The van der Waals surface area contributed by atoms with E-state index in [2.05, 4.69) is 49.6 Å². The van der Waals surface area contributed by atoms with Gasteiger partial charge in [-0.25, -0.2) is 4.98 Å². The van der Waals surface area contributed by atoms with Crippen molar-refractivity contribution in [1.82, 2.24) is 14.9 Å². The molecule has 0 bridgehead atoms. The van der Waals surface area contributed by atoms with Gasteiger partial charge in [-0.3, -0.25) is 0 Å². The van der Waals surface area contributed by atoms with Gasteiger partial charge in [0.1, 0.15) is 5.82 Å². The second-order valence-corrected chi connectivity index (χ2v) is 4.93. The molecule has 0 fully saturated rings. The van der Waals surface area contributed by atoms with Gasteiger partial charge in [-0.2, -0.15) is 0 Å². The molecule has 0 aromatic carbocycles. The van der Waals surface area contributed by atoms with Crippen molar-refractivity contribution in [2.75, 3.05) is 6.54 Å². The number of nitrogens with one attached hydrogen (secondary N) is 1. The molecule has 1 heterocycles. The average Bonchev–Trinajstić information content (AvgIpc) is 2.62. The molecule has 1 N–H and O–H groups in total. The van der Waals surface area contributed by atoms with Crippen LogP contribution in [0.4, 0.5) is 0 Å². The summed E-state index contributed by atoms with van der Waals surface area (Å²) in [7, 11) is 2.06. The maximum Gasteiger partial charge on any atom is 0.109 e. The number of hydrogen-bond donors (Lipinski definition) is 1. The van der Waals surface area contributed by atoms with Gasteiger partial charge < -0.3 is 9.88 Å². The van der Waals surface area contributed by atoms with Crippen molar-refractivity contribution in [2.24, 2.45) is 18.9 Å². The summed E-state index contributed by atoms with van der Waals surface area (Å²) in [6.07, 6.45) is 4.90. The molecule has 0 amide bonds. The summed E-state index contributed by atoms with van der Waals surface area (Å²) < 4.78 is 2.11. The fraction of sp³-hybridized carbons (Fsp3) is 0.769. The molecule has 0 spiro atoms. The second-order valence-electron chi connectivity index (χ2n) is 4.93. The zero-order chi connectivity index (χ0) is 12.1. The topological polar surface area (TPSA) is 29.9 Å². The third kappa shape index (κ3) is 3.34. The average molecular weight is 223 g/mol. The first-order chi connectivity index (χ1) is 7.56. The molecule has 1 aromatic rings. The predicted octanol–water partition coefficient (Wildman–Crippen LogP) is 2.23. The summed E-state index contributed by atoms with van der Waals surface area (Å²) >= 11 is 0. The van der Waals surface area contributed by atoms with E-state index in [-0.39, 0.29) is 0 Å². The Kier molecular flexibility index (Phi) is 5.00. The molecule has 1 aromatic heterocycles. The molecule has 2 unspecified atom stereocenters. The van der Waals surface area contributed by atoms with Crippen LogP contribution in [0.2, 0.25) is 0 Å². The Hall–Kier alpha value is -0.830. The summed E-state index contributed by atoms with van der Waals surface area (Å²) in [5.74, 6) is 2.53. The first kappa shape index (κ1) is 13.2. The third-order valence-corrected chi connectivity index (χ3v) is 3.48. The molecule has 0 saturated heterocycles. The fourth-order valence-electron chi connectivity index (χ4n) is 1.96. The first-order valence-electron chi connectivity index (χ1n) is 6.25. The number of aryl methyl sites for hydroxylation is 1. The minimum absolute atomic E-state index is 0.520. The van der Waals surface area contributed by atoms with E-state index in [9.17, 15) is 0 Å². The lowest BCUT2D eigenvalue weighted by Gasteiger charge is -2.27. The molecule has 0 aliphatic heterocycles. The standard InChI is InChI=1S/C13H25N3/c1-6-14-12(11(4)10(2)3)9-13-15-7-8-16(13)5/h7-8,10-12,14H,6,9H2,1-5H3. The number of imidazole rings is 1. The number of aromatic nitrogens is 2. The van der Waals surface area contributed by atoms with E-state index in [0.29, 0.717) is 17.9 Å². The molecular formula is C13H25N3. The lowest BCUT2D eigenvalue weighted by atomic mass is 9.88. The zero-order valence-electron chi connectivity index (χ0n) is 11.2. The number of likely N-dealkylation sites (N-methyl/N-ethyl adjacent to an activating group) is 1. The second kappa shape index (κ2) is 6.04. The van der Waals surface area contributed by atoms with Crippen LogP contribution in [0.5, 0.6) is 0 Å². The van der Waals surface area contributed by atoms with Crippen molar-refractivity contribution in [3.63, 3.8) is 0 Å². The normalized spacial score (nSPS) is 15.4. The highest BCUT2D eigenvalue weighted by Gasteiger charge is 2.20. The van der Waals surface area contributed by atoms with Crippen molar-refractivity contribution in [1.29, 1.82) is 0 Å².